The van der Waals surface area contributed by atoms with Crippen molar-refractivity contribution in [3.8, 4) is 22.5 Å². The Labute approximate surface area is 637 Å². The molecule has 0 fully saturated rings. The van der Waals surface area contributed by atoms with Crippen LogP contribution in [-0.4, -0.2) is 163 Å². The molecule has 24 nitrogen and oxygen atoms in total. The number of nitrogens with zero attached hydrogens (tertiary/aromatic N) is 4. The number of carbonyl (C=O) groups excluding carboxylic acids is 8. The third kappa shape index (κ3) is 32.5. The van der Waals surface area contributed by atoms with Gasteiger partial charge in [-0.15, -0.1) is 0 Å². The van der Waals surface area contributed by atoms with Crippen molar-refractivity contribution in [2.75, 3.05) is 54.4 Å². The number of ketones is 2. The molecule has 0 aliphatic rings. The lowest BCUT2D eigenvalue weighted by molar-refractivity contribution is -0.139. The quantitative estimate of drug-likeness (QED) is 0.0112. The number of hydrogen-bond acceptors (Lipinski definition) is 18. The van der Waals surface area contributed by atoms with E-state index in [0.717, 1.165) is 44.8 Å². The lowest BCUT2D eigenvalue weighted by Crippen LogP contribution is -2.59. The van der Waals surface area contributed by atoms with E-state index in [1.54, 1.807) is 29.5 Å². The number of aromatic nitrogens is 2. The maximum atomic E-state index is 14.0. The number of aliphatic hydroxyl groups excluding tert-OH is 1. The second kappa shape index (κ2) is 44.3. The topological polar surface area (TPSA) is 307 Å². The van der Waals surface area contributed by atoms with Crippen LogP contribution in [0.3, 0.4) is 0 Å². The van der Waals surface area contributed by atoms with Crippen molar-refractivity contribution in [2.45, 2.75) is 172 Å². The number of ether oxygens (including phenoxy) is 5. The summed E-state index contributed by atoms with van der Waals surface area (Å²) in [6.07, 6.45) is 0.972. The third-order valence-corrected chi connectivity index (χ3v) is 17.7. The molecule has 0 radical (unpaired) electrons. The van der Waals surface area contributed by atoms with Crippen molar-refractivity contribution in [2.24, 2.45) is 33.5 Å². The highest BCUT2D eigenvalue weighted by Gasteiger charge is 2.40. The minimum atomic E-state index is -1.16. The van der Waals surface area contributed by atoms with Crippen molar-refractivity contribution in [3.63, 3.8) is 0 Å². The second-order valence-electron chi connectivity index (χ2n) is 30.7. The van der Waals surface area contributed by atoms with Gasteiger partial charge >= 0.3 is 12.2 Å². The standard InChI is InChI=1S/C41H57N5O7.C39H53N5O6.C2H5ClO/c1-28(47)23-32(40(2,3)4)37(48)43-34(24-29-15-11-10-12-16-29)35(53-27-51-8)26-46(45-38(49)36(41(5,6)7)44-39(50)52-9)25-30-18-20-31(21-19-30)33-17-13-14-22-42-33;1-26(45)22-30(38(2,3)4)35(47)41-32(23-27-14-10-9-11-15-27)33(46)25-44(43-36(48)34(39(5,6)7)42-37(49)50-8)24-28-17-19-29(20-18-28)31-16-12-13-21-40-31;1-4-2-3/h10-22,32,34-36H,23-27H2,1-9H3,(H,43,48)(H,44,50)(H,45,49);9-21,30,32-34,46H,22-25H2,1-8H3,(H,41,47)(H,42,49)(H,43,48);2H2,1H3/t32-,34?,35-,36-;30-,32?,33-,34-;/m00./s1. The largest absolute Gasteiger partial charge is 0.453 e. The number of hydrogen-bond donors (Lipinski definition) is 7. The number of rotatable bonds is 34. The van der Waals surface area contributed by atoms with E-state index in [1.807, 2.05) is 229 Å². The summed E-state index contributed by atoms with van der Waals surface area (Å²) in [5.41, 5.74) is 10.7. The van der Waals surface area contributed by atoms with Gasteiger partial charge in [0, 0.05) is 88.6 Å². The molecular weight excluding hydrogens is 1380 g/mol. The van der Waals surface area contributed by atoms with Crippen molar-refractivity contribution in [1.29, 1.82) is 0 Å². The summed E-state index contributed by atoms with van der Waals surface area (Å²) < 4.78 is 25.6. The lowest BCUT2D eigenvalue weighted by atomic mass is 9.77. The van der Waals surface area contributed by atoms with Gasteiger partial charge < -0.3 is 59.6 Å². The molecule has 2 aromatic heterocycles. The van der Waals surface area contributed by atoms with E-state index in [-0.39, 0.29) is 69.2 Å². The lowest BCUT2D eigenvalue weighted by Gasteiger charge is -2.37. The van der Waals surface area contributed by atoms with Crippen LogP contribution in [0.25, 0.3) is 22.5 Å². The highest BCUT2D eigenvalue weighted by Crippen LogP contribution is 2.32. The Kier molecular flexibility index (Phi) is 37.4. The fraction of sp³-hybridized carbons (Fsp3) is 0.488. The molecule has 2 heterocycles. The first-order valence-corrected chi connectivity index (χ1v) is 36.3. The summed E-state index contributed by atoms with van der Waals surface area (Å²) >= 11 is 4.96. The van der Waals surface area contributed by atoms with Crippen LogP contribution in [0.15, 0.2) is 158 Å². The van der Waals surface area contributed by atoms with E-state index in [1.165, 1.54) is 35.2 Å². The molecule has 0 bridgehead atoms. The van der Waals surface area contributed by atoms with Gasteiger partial charge in [-0.3, -0.25) is 40.0 Å². The number of nitrogens with one attached hydrogen (secondary N) is 6. The van der Waals surface area contributed by atoms with Crippen LogP contribution >= 0.6 is 11.6 Å². The zero-order valence-electron chi connectivity index (χ0n) is 65.6. The number of methoxy groups -OCH3 is 4. The van der Waals surface area contributed by atoms with Crippen LogP contribution in [0.2, 0.25) is 0 Å². The number of carbonyl (C=O) groups is 8. The minimum absolute atomic E-state index is 0.0710. The fourth-order valence-corrected chi connectivity index (χ4v) is 11.6. The van der Waals surface area contributed by atoms with Crippen molar-refractivity contribution in [3.05, 3.63) is 180 Å². The number of amides is 6. The summed E-state index contributed by atoms with van der Waals surface area (Å²) in [7, 11) is 5.53. The van der Waals surface area contributed by atoms with Gasteiger partial charge in [0.2, 0.25) is 11.8 Å². The van der Waals surface area contributed by atoms with Crippen molar-refractivity contribution >= 4 is 59.0 Å². The van der Waals surface area contributed by atoms with E-state index in [9.17, 15) is 43.5 Å². The molecule has 0 saturated carbocycles. The molecule has 7 N–H and O–H groups in total. The van der Waals surface area contributed by atoms with Gasteiger partial charge in [0.05, 0.1) is 49.9 Å². The number of aliphatic hydroxyl groups is 1. The van der Waals surface area contributed by atoms with E-state index < -0.39 is 93.9 Å². The van der Waals surface area contributed by atoms with Crippen molar-refractivity contribution in [1.82, 2.24) is 52.1 Å². The highest BCUT2D eigenvalue weighted by molar-refractivity contribution is 6.17. The smallest absolute Gasteiger partial charge is 0.407 e. The molecule has 25 heteroatoms. The van der Waals surface area contributed by atoms with Crippen LogP contribution in [-0.2, 0) is 78.4 Å². The van der Waals surface area contributed by atoms with Crippen LogP contribution in [0.4, 0.5) is 9.59 Å². The van der Waals surface area contributed by atoms with Crippen LogP contribution in [0.5, 0.6) is 0 Å². The zero-order valence-corrected chi connectivity index (χ0v) is 66.4. The van der Waals surface area contributed by atoms with Crippen molar-refractivity contribution < 1.29 is 67.1 Å². The Balaban J connectivity index is 0.000000431. The molecule has 0 aliphatic heterocycles. The molecule has 0 spiro atoms. The average Bonchev–Trinajstić information content (AvgIpc) is 0.834. The summed E-state index contributed by atoms with van der Waals surface area (Å²) in [5.74, 6) is -2.95. The zero-order chi connectivity index (χ0) is 79.7. The molecule has 6 amide bonds. The van der Waals surface area contributed by atoms with E-state index >= 15 is 0 Å². The average molecular weight is 1500 g/mol. The summed E-state index contributed by atoms with van der Waals surface area (Å²) in [5, 5.41) is 26.7. The van der Waals surface area contributed by atoms with Gasteiger partial charge in [-0.2, -0.15) is 0 Å². The van der Waals surface area contributed by atoms with Gasteiger partial charge in [0.15, 0.2) is 0 Å². The molecule has 584 valence electrons. The molecule has 0 aliphatic carbocycles. The Morgan fingerprint density at radius 1 is 0.449 bits per heavy atom. The SMILES string of the molecule is COC(=O)N[C@@H](C(=O)NN(Cc1ccc(-c2ccccn2)cc1)C[C@H](O)C(Cc1ccccc1)NC(=O)[C@H](CC(C)=O)C(C)(C)C)C(C)(C)C.COCCl.COCO[C@@H](CN(Cc1ccc(-c2ccccn2)cc1)NC(=O)[C@H](NC(=O)OC)C(C)(C)C)C(Cc1ccccc1)NC(=O)[C@H](CC(C)=O)C(C)(C)C. The number of Topliss-reactive ketones (excluding diaryl/α,β-unsaturated/α-hetero) is 2. The Hall–Kier alpha value is -9.01. The number of alkyl halides is 1. The normalized spacial score (nSPS) is 13.9. The first-order chi connectivity index (χ1) is 50.4. The predicted molar refractivity (Wildman–Crippen MR) is 415 cm³/mol. The maximum absolute atomic E-state index is 14.0. The molecule has 4 aromatic carbocycles. The van der Waals surface area contributed by atoms with Crippen LogP contribution in [0.1, 0.15) is 132 Å². The number of alkyl carbamates (subject to hydrolysis) is 2. The molecule has 107 heavy (non-hydrogen) atoms. The second-order valence-corrected chi connectivity index (χ2v) is 31.0. The predicted octanol–water partition coefficient (Wildman–Crippen LogP) is 11.6. The van der Waals surface area contributed by atoms with Gasteiger partial charge in [-0.05, 0) is 94.9 Å². The molecule has 0 saturated heterocycles. The third-order valence-electron chi connectivity index (χ3n) is 17.5. The first-order valence-electron chi connectivity index (χ1n) is 35.7. The highest BCUT2D eigenvalue weighted by atomic mass is 35.5. The Morgan fingerprint density at radius 3 is 1.14 bits per heavy atom. The summed E-state index contributed by atoms with van der Waals surface area (Å²) in [6, 6.07) is 43.2. The number of hydrazine groups is 2. The van der Waals surface area contributed by atoms with Crippen LogP contribution in [0, 0.1) is 33.5 Å². The van der Waals surface area contributed by atoms with E-state index in [4.69, 9.17) is 30.5 Å². The van der Waals surface area contributed by atoms with Gasteiger partial charge in [0.25, 0.3) is 11.8 Å². The molecule has 6 rings (SSSR count). The molecule has 8 atom stereocenters. The van der Waals surface area contributed by atoms with Gasteiger partial charge in [-0.1, -0.05) is 216 Å². The molecule has 2 unspecified atom stereocenters. The number of halogens is 1. The Bertz CT molecular complexity index is 3680. The molecular formula is C82H115ClN10O14. The molecule has 6 aromatic rings. The number of benzene rings is 4. The fourth-order valence-electron chi connectivity index (χ4n) is 11.6. The maximum Gasteiger partial charge on any atom is 0.407 e. The van der Waals surface area contributed by atoms with E-state index in [2.05, 4.69) is 46.8 Å². The van der Waals surface area contributed by atoms with Gasteiger partial charge in [-0.25, -0.2) is 19.6 Å². The van der Waals surface area contributed by atoms with Gasteiger partial charge in [0.1, 0.15) is 36.5 Å². The minimum Gasteiger partial charge on any atom is -0.453 e. The van der Waals surface area contributed by atoms with Crippen LogP contribution < -0.4 is 32.1 Å². The monoisotopic (exact) mass is 1500 g/mol. The first kappa shape index (κ1) is 90.4. The Morgan fingerprint density at radius 2 is 0.813 bits per heavy atom. The number of pyridine rings is 2. The van der Waals surface area contributed by atoms with E-state index in [0.29, 0.717) is 18.9 Å². The summed E-state index contributed by atoms with van der Waals surface area (Å²) in [6.45, 7) is 25.9. The summed E-state index contributed by atoms with van der Waals surface area (Å²) in [4.78, 5) is 113.